The first-order valence-corrected chi connectivity index (χ1v) is 6.65. The summed E-state index contributed by atoms with van der Waals surface area (Å²) in [5.41, 5.74) is 6.52. The molecule has 0 radical (unpaired) electrons. The molecular formula is C13H17NS2. The number of benzene rings is 1. The molecule has 0 bridgehead atoms. The lowest BCUT2D eigenvalue weighted by molar-refractivity contribution is 0.905. The number of hydrogen-bond donors (Lipinski definition) is 1. The highest BCUT2D eigenvalue weighted by atomic mass is 32.2. The fraction of sp³-hybridized carbons (Fsp3) is 0.308. The Morgan fingerprint density at radius 3 is 2.56 bits per heavy atom. The average Bonchev–Trinajstić information content (AvgIpc) is 2.28. The van der Waals surface area contributed by atoms with Crippen LogP contribution in [0.1, 0.15) is 25.8 Å². The van der Waals surface area contributed by atoms with Gasteiger partial charge in [-0.1, -0.05) is 44.3 Å². The largest absolute Gasteiger partial charge is 0.390 e. The first kappa shape index (κ1) is 13.3. The maximum Gasteiger partial charge on any atom is 0.0962 e. The van der Waals surface area contributed by atoms with Crippen LogP contribution in [-0.4, -0.2) is 10.2 Å². The molecule has 0 aliphatic rings. The molecule has 0 amide bonds. The SMILES string of the molecule is CCC(C)Sc1ccc(/C=C/C(N)=S)cc1. The highest BCUT2D eigenvalue weighted by molar-refractivity contribution is 7.99. The van der Waals surface area contributed by atoms with Crippen LogP contribution in [0, 0.1) is 0 Å². The number of nitrogens with two attached hydrogens (primary N) is 1. The van der Waals surface area contributed by atoms with E-state index in [1.807, 2.05) is 17.8 Å². The van der Waals surface area contributed by atoms with Gasteiger partial charge in [-0.25, -0.2) is 0 Å². The van der Waals surface area contributed by atoms with E-state index in [1.54, 1.807) is 6.08 Å². The van der Waals surface area contributed by atoms with Gasteiger partial charge < -0.3 is 5.73 Å². The van der Waals surface area contributed by atoms with Gasteiger partial charge in [0, 0.05) is 10.1 Å². The van der Waals surface area contributed by atoms with Crippen molar-refractivity contribution in [3.05, 3.63) is 35.9 Å². The molecule has 1 rings (SSSR count). The minimum atomic E-state index is 0.415. The summed E-state index contributed by atoms with van der Waals surface area (Å²) in [6.07, 6.45) is 4.86. The zero-order valence-electron chi connectivity index (χ0n) is 9.64. The maximum atomic E-state index is 5.39. The van der Waals surface area contributed by atoms with Crippen LogP contribution in [0.5, 0.6) is 0 Å². The number of rotatable bonds is 5. The molecule has 2 N–H and O–H groups in total. The van der Waals surface area contributed by atoms with Gasteiger partial charge in [-0.2, -0.15) is 0 Å². The third-order valence-corrected chi connectivity index (χ3v) is 3.65. The Morgan fingerprint density at radius 2 is 2.06 bits per heavy atom. The van der Waals surface area contributed by atoms with E-state index in [2.05, 4.69) is 38.1 Å². The Morgan fingerprint density at radius 1 is 1.44 bits per heavy atom. The Labute approximate surface area is 107 Å². The van der Waals surface area contributed by atoms with Crippen molar-refractivity contribution in [2.45, 2.75) is 30.4 Å². The Bertz CT molecular complexity index is 368. The first-order valence-electron chi connectivity index (χ1n) is 5.36. The fourth-order valence-electron chi connectivity index (χ4n) is 1.15. The Hall–Kier alpha value is -0.800. The van der Waals surface area contributed by atoms with Crippen molar-refractivity contribution in [2.24, 2.45) is 5.73 Å². The molecule has 1 unspecified atom stereocenters. The van der Waals surface area contributed by atoms with Gasteiger partial charge in [0.15, 0.2) is 0 Å². The number of thiocarbonyl (C=S) groups is 1. The van der Waals surface area contributed by atoms with E-state index in [-0.39, 0.29) is 0 Å². The summed E-state index contributed by atoms with van der Waals surface area (Å²) >= 11 is 6.68. The molecule has 1 aromatic rings. The molecule has 0 heterocycles. The lowest BCUT2D eigenvalue weighted by atomic mass is 10.2. The predicted molar refractivity (Wildman–Crippen MR) is 77.9 cm³/mol. The van der Waals surface area contributed by atoms with Gasteiger partial charge >= 0.3 is 0 Å². The first-order chi connectivity index (χ1) is 7.61. The third-order valence-electron chi connectivity index (χ3n) is 2.23. The quantitative estimate of drug-likeness (QED) is 0.488. The van der Waals surface area contributed by atoms with E-state index < -0.39 is 0 Å². The van der Waals surface area contributed by atoms with Crippen LogP contribution in [0.2, 0.25) is 0 Å². The summed E-state index contributed by atoms with van der Waals surface area (Å²) in [6.45, 7) is 4.45. The Kier molecular flexibility index (Phi) is 5.56. The van der Waals surface area contributed by atoms with E-state index in [9.17, 15) is 0 Å². The van der Waals surface area contributed by atoms with Crippen molar-refractivity contribution in [3.8, 4) is 0 Å². The van der Waals surface area contributed by atoms with Crippen molar-refractivity contribution in [1.29, 1.82) is 0 Å². The normalized spacial score (nSPS) is 12.9. The van der Waals surface area contributed by atoms with Crippen molar-refractivity contribution in [2.75, 3.05) is 0 Å². The molecule has 1 atom stereocenters. The molecule has 0 aromatic heterocycles. The molecular weight excluding hydrogens is 234 g/mol. The van der Waals surface area contributed by atoms with Gasteiger partial charge in [0.05, 0.1) is 4.99 Å². The van der Waals surface area contributed by atoms with Crippen molar-refractivity contribution < 1.29 is 0 Å². The lowest BCUT2D eigenvalue weighted by Crippen LogP contribution is -2.01. The van der Waals surface area contributed by atoms with Crippen LogP contribution < -0.4 is 5.73 Å². The molecule has 0 saturated heterocycles. The van der Waals surface area contributed by atoms with Crippen LogP contribution in [-0.2, 0) is 0 Å². The highest BCUT2D eigenvalue weighted by Gasteiger charge is 2.00. The third kappa shape index (κ3) is 4.81. The predicted octanol–water partition coefficient (Wildman–Crippen LogP) is 3.88. The van der Waals surface area contributed by atoms with Crippen molar-refractivity contribution in [3.63, 3.8) is 0 Å². The summed E-state index contributed by atoms with van der Waals surface area (Å²) in [6, 6.07) is 8.44. The highest BCUT2D eigenvalue weighted by Crippen LogP contribution is 2.25. The maximum absolute atomic E-state index is 5.39. The van der Waals surface area contributed by atoms with Crippen molar-refractivity contribution in [1.82, 2.24) is 0 Å². The summed E-state index contributed by atoms with van der Waals surface area (Å²) in [7, 11) is 0. The van der Waals surface area contributed by atoms with Gasteiger partial charge in [-0.05, 0) is 30.2 Å². The molecule has 0 aliphatic carbocycles. The molecule has 86 valence electrons. The standard InChI is InChI=1S/C13H17NS2/c1-3-10(2)16-12-7-4-11(5-8-12)6-9-13(14)15/h4-10H,3H2,1-2H3,(H2,14,15)/b9-6+. The molecule has 0 saturated carbocycles. The van der Waals surface area contributed by atoms with Gasteiger partial charge in [-0.3, -0.25) is 0 Å². The summed E-state index contributed by atoms with van der Waals surface area (Å²) in [5, 5.41) is 0.665. The van der Waals surface area contributed by atoms with E-state index in [0.717, 1.165) is 5.56 Å². The zero-order valence-corrected chi connectivity index (χ0v) is 11.3. The van der Waals surface area contributed by atoms with Gasteiger partial charge in [0.2, 0.25) is 0 Å². The van der Waals surface area contributed by atoms with Crippen LogP contribution in [0.4, 0.5) is 0 Å². The monoisotopic (exact) mass is 251 g/mol. The van der Waals surface area contributed by atoms with E-state index in [0.29, 0.717) is 10.2 Å². The summed E-state index contributed by atoms with van der Waals surface area (Å²) in [5.74, 6) is 0. The molecule has 0 fully saturated rings. The second-order valence-corrected chi connectivity index (χ2v) is 5.62. The van der Waals surface area contributed by atoms with Crippen LogP contribution in [0.15, 0.2) is 35.2 Å². The van der Waals surface area contributed by atoms with Gasteiger partial charge in [0.25, 0.3) is 0 Å². The number of thioether (sulfide) groups is 1. The van der Waals surface area contributed by atoms with Gasteiger partial charge in [-0.15, -0.1) is 11.8 Å². The smallest absolute Gasteiger partial charge is 0.0962 e. The van der Waals surface area contributed by atoms with Crippen LogP contribution >= 0.6 is 24.0 Å². The lowest BCUT2D eigenvalue weighted by Gasteiger charge is -2.07. The molecule has 1 nitrogen and oxygen atoms in total. The summed E-state index contributed by atoms with van der Waals surface area (Å²) in [4.78, 5) is 1.72. The molecule has 0 aliphatic heterocycles. The van der Waals surface area contributed by atoms with Crippen molar-refractivity contribution >= 4 is 35.0 Å². The van der Waals surface area contributed by atoms with Gasteiger partial charge in [0.1, 0.15) is 0 Å². The minimum Gasteiger partial charge on any atom is -0.390 e. The van der Waals surface area contributed by atoms with Crippen LogP contribution in [0.25, 0.3) is 6.08 Å². The second kappa shape index (κ2) is 6.71. The Balaban J connectivity index is 2.64. The van der Waals surface area contributed by atoms with E-state index >= 15 is 0 Å². The van der Waals surface area contributed by atoms with E-state index in [4.69, 9.17) is 18.0 Å². The zero-order chi connectivity index (χ0) is 12.0. The second-order valence-electron chi connectivity index (χ2n) is 3.64. The molecule has 0 spiro atoms. The minimum absolute atomic E-state index is 0.415. The average molecular weight is 251 g/mol. The molecule has 1 aromatic carbocycles. The molecule has 16 heavy (non-hydrogen) atoms. The van der Waals surface area contributed by atoms with Crippen LogP contribution in [0.3, 0.4) is 0 Å². The number of hydrogen-bond acceptors (Lipinski definition) is 2. The summed E-state index contributed by atoms with van der Waals surface area (Å²) < 4.78 is 0. The molecule has 3 heteroatoms. The topological polar surface area (TPSA) is 26.0 Å². The fourth-order valence-corrected chi connectivity index (χ4v) is 2.14. The van der Waals surface area contributed by atoms with E-state index in [1.165, 1.54) is 11.3 Å².